The van der Waals surface area contributed by atoms with E-state index in [4.69, 9.17) is 5.53 Å². The summed E-state index contributed by atoms with van der Waals surface area (Å²) in [5, 5.41) is 18.8. The Morgan fingerprint density at radius 3 is 3.00 bits per heavy atom. The summed E-state index contributed by atoms with van der Waals surface area (Å²) in [6.07, 6.45) is 3.11. The first-order valence-electron chi connectivity index (χ1n) is 7.00. The van der Waals surface area contributed by atoms with Gasteiger partial charge in [-0.3, -0.25) is 10.1 Å². The van der Waals surface area contributed by atoms with E-state index in [1.165, 1.54) is 6.20 Å². The van der Waals surface area contributed by atoms with Crippen LogP contribution in [0.1, 0.15) is 19.8 Å². The third-order valence-electron chi connectivity index (χ3n) is 4.18. The molecule has 1 aliphatic heterocycles. The topological polar surface area (TPSA) is 113 Å². The summed E-state index contributed by atoms with van der Waals surface area (Å²) < 4.78 is 1.55. The summed E-state index contributed by atoms with van der Waals surface area (Å²) in [5.41, 5.74) is 8.50. The molecule has 0 aromatic carbocycles. The van der Waals surface area contributed by atoms with Crippen LogP contribution in [0.5, 0.6) is 0 Å². The van der Waals surface area contributed by atoms with Crippen molar-refractivity contribution in [2.45, 2.75) is 19.8 Å². The number of hydrogen-bond acceptors (Lipinski definition) is 5. The van der Waals surface area contributed by atoms with Crippen LogP contribution in [0.2, 0.25) is 0 Å². The third kappa shape index (κ3) is 3.08. The van der Waals surface area contributed by atoms with Crippen LogP contribution in [0, 0.1) is 22.0 Å². The molecule has 0 radical (unpaired) electrons. The zero-order valence-electron chi connectivity index (χ0n) is 12.2. The quantitative estimate of drug-likeness (QED) is 0.273. The van der Waals surface area contributed by atoms with Crippen molar-refractivity contribution < 1.29 is 4.92 Å². The fourth-order valence-corrected chi connectivity index (χ4v) is 3.03. The van der Waals surface area contributed by atoms with Crippen molar-refractivity contribution in [1.29, 1.82) is 0 Å². The van der Waals surface area contributed by atoms with Crippen LogP contribution in [0.25, 0.3) is 10.4 Å². The molecule has 1 saturated heterocycles. The molecule has 0 aliphatic carbocycles. The molecule has 1 aliphatic rings. The minimum Gasteiger partial charge on any atom is -0.351 e. The molecule has 1 aromatic rings. The molecular formula is C12H19N7O2. The van der Waals surface area contributed by atoms with E-state index < -0.39 is 4.92 Å². The molecule has 0 saturated carbocycles. The summed E-state index contributed by atoms with van der Waals surface area (Å²) in [6.45, 7) is 4.02. The molecule has 0 spiro atoms. The highest BCUT2D eigenvalue weighted by atomic mass is 16.6. The lowest BCUT2D eigenvalue weighted by molar-refractivity contribution is -0.384. The first-order valence-corrected chi connectivity index (χ1v) is 7.00. The number of piperidine rings is 1. The van der Waals surface area contributed by atoms with E-state index in [-0.39, 0.29) is 5.69 Å². The van der Waals surface area contributed by atoms with Crippen LogP contribution in [-0.4, -0.2) is 34.3 Å². The Morgan fingerprint density at radius 2 is 2.38 bits per heavy atom. The Kier molecular flexibility index (Phi) is 4.64. The van der Waals surface area contributed by atoms with Gasteiger partial charge in [-0.25, -0.2) is 4.68 Å². The molecule has 1 aromatic heterocycles. The SMILES string of the molecule is CCC1CN(c2c([N+](=O)[O-])cnn2C)CCC1CN=[N+]=[N-]. The van der Waals surface area contributed by atoms with Crippen LogP contribution in [0.4, 0.5) is 11.5 Å². The normalized spacial score (nSPS) is 21.9. The highest BCUT2D eigenvalue weighted by molar-refractivity contribution is 5.57. The summed E-state index contributed by atoms with van der Waals surface area (Å²) in [5.74, 6) is 1.26. The molecule has 2 rings (SSSR count). The van der Waals surface area contributed by atoms with Gasteiger partial charge in [0.1, 0.15) is 6.20 Å². The number of aryl methyl sites for hydroxylation is 1. The molecule has 21 heavy (non-hydrogen) atoms. The number of hydrogen-bond donors (Lipinski definition) is 0. The molecule has 1 fully saturated rings. The van der Waals surface area contributed by atoms with Crippen molar-refractivity contribution in [2.75, 3.05) is 24.5 Å². The smallest absolute Gasteiger partial charge is 0.331 e. The predicted octanol–water partition coefficient (Wildman–Crippen LogP) is 2.49. The maximum Gasteiger partial charge on any atom is 0.331 e. The molecule has 2 unspecified atom stereocenters. The number of anilines is 1. The van der Waals surface area contributed by atoms with Crippen LogP contribution >= 0.6 is 0 Å². The van der Waals surface area contributed by atoms with Gasteiger partial charge < -0.3 is 4.90 Å². The second-order valence-corrected chi connectivity index (χ2v) is 5.31. The van der Waals surface area contributed by atoms with Gasteiger partial charge in [-0.2, -0.15) is 5.10 Å². The molecule has 0 bridgehead atoms. The van der Waals surface area contributed by atoms with Crippen LogP contribution in [-0.2, 0) is 7.05 Å². The highest BCUT2D eigenvalue weighted by Crippen LogP contribution is 2.34. The number of aromatic nitrogens is 2. The summed E-state index contributed by atoms with van der Waals surface area (Å²) in [4.78, 5) is 15.6. The van der Waals surface area contributed by atoms with Crippen LogP contribution in [0.15, 0.2) is 11.3 Å². The maximum absolute atomic E-state index is 11.1. The van der Waals surface area contributed by atoms with Crippen molar-refractivity contribution in [2.24, 2.45) is 24.0 Å². The largest absolute Gasteiger partial charge is 0.351 e. The maximum atomic E-state index is 11.1. The molecule has 0 N–H and O–H groups in total. The lowest BCUT2D eigenvalue weighted by Gasteiger charge is -2.38. The number of rotatable bonds is 5. The van der Waals surface area contributed by atoms with Gasteiger partial charge in [0.2, 0.25) is 5.82 Å². The van der Waals surface area contributed by atoms with E-state index >= 15 is 0 Å². The average Bonchev–Trinajstić information content (AvgIpc) is 2.87. The molecule has 0 amide bonds. The Hall–Kier alpha value is -2.28. The van der Waals surface area contributed by atoms with Gasteiger partial charge in [0.25, 0.3) is 0 Å². The monoisotopic (exact) mass is 293 g/mol. The van der Waals surface area contributed by atoms with Crippen molar-refractivity contribution in [3.63, 3.8) is 0 Å². The Bertz CT molecular complexity index is 564. The lowest BCUT2D eigenvalue weighted by atomic mass is 9.84. The predicted molar refractivity (Wildman–Crippen MR) is 78.0 cm³/mol. The zero-order chi connectivity index (χ0) is 15.4. The molecular weight excluding hydrogens is 274 g/mol. The van der Waals surface area contributed by atoms with Gasteiger partial charge >= 0.3 is 5.69 Å². The average molecular weight is 293 g/mol. The van der Waals surface area contributed by atoms with Gasteiger partial charge in [0, 0.05) is 31.6 Å². The third-order valence-corrected chi connectivity index (χ3v) is 4.18. The highest BCUT2D eigenvalue weighted by Gasteiger charge is 2.32. The lowest BCUT2D eigenvalue weighted by Crippen LogP contribution is -2.42. The number of nitro groups is 1. The standard InChI is InChI=1S/C12H19N7O2/c1-3-9-8-18(5-4-10(9)6-14-16-13)12-11(19(20)21)7-15-17(12)2/h7,9-10H,3-6,8H2,1-2H3. The summed E-state index contributed by atoms with van der Waals surface area (Å²) in [6, 6.07) is 0. The van der Waals surface area contributed by atoms with E-state index in [1.807, 2.05) is 4.90 Å². The van der Waals surface area contributed by atoms with Gasteiger partial charge in [-0.1, -0.05) is 18.5 Å². The first kappa shape index (κ1) is 15.1. The Morgan fingerprint density at radius 1 is 1.62 bits per heavy atom. The van der Waals surface area contributed by atoms with Gasteiger partial charge in [-0.05, 0) is 23.8 Å². The van der Waals surface area contributed by atoms with Gasteiger partial charge in [0.15, 0.2) is 0 Å². The number of azide groups is 1. The van der Waals surface area contributed by atoms with Crippen LogP contribution in [0.3, 0.4) is 0 Å². The second kappa shape index (κ2) is 6.45. The fourth-order valence-electron chi connectivity index (χ4n) is 3.03. The molecule has 2 atom stereocenters. The summed E-state index contributed by atoms with van der Waals surface area (Å²) in [7, 11) is 1.72. The van der Waals surface area contributed by atoms with Gasteiger partial charge in [0.05, 0.1) is 4.92 Å². The minimum absolute atomic E-state index is 0.0425. The van der Waals surface area contributed by atoms with Crippen molar-refractivity contribution in [1.82, 2.24) is 9.78 Å². The van der Waals surface area contributed by atoms with E-state index in [1.54, 1.807) is 11.7 Å². The minimum atomic E-state index is -0.394. The first-order chi connectivity index (χ1) is 10.1. The molecule has 9 heteroatoms. The van der Waals surface area contributed by atoms with E-state index in [2.05, 4.69) is 22.0 Å². The Balaban J connectivity index is 2.19. The number of nitrogens with zero attached hydrogens (tertiary/aromatic N) is 7. The van der Waals surface area contributed by atoms with Crippen molar-refractivity contribution in [3.05, 3.63) is 26.8 Å². The molecule has 2 heterocycles. The van der Waals surface area contributed by atoms with E-state index in [0.717, 1.165) is 19.4 Å². The van der Waals surface area contributed by atoms with E-state index in [9.17, 15) is 10.1 Å². The summed E-state index contributed by atoms with van der Waals surface area (Å²) >= 11 is 0. The second-order valence-electron chi connectivity index (χ2n) is 5.31. The van der Waals surface area contributed by atoms with Crippen molar-refractivity contribution >= 4 is 11.5 Å². The molecule has 114 valence electrons. The zero-order valence-corrected chi connectivity index (χ0v) is 12.2. The fraction of sp³-hybridized carbons (Fsp3) is 0.750. The van der Waals surface area contributed by atoms with Crippen LogP contribution < -0.4 is 4.90 Å². The molecule has 9 nitrogen and oxygen atoms in total. The van der Waals surface area contributed by atoms with Crippen molar-refractivity contribution in [3.8, 4) is 0 Å². The Labute approximate surface area is 122 Å². The van der Waals surface area contributed by atoms with Gasteiger partial charge in [-0.15, -0.1) is 0 Å². The van der Waals surface area contributed by atoms with E-state index in [0.29, 0.717) is 30.7 Å².